The highest BCUT2D eigenvalue weighted by Crippen LogP contribution is 2.18. The summed E-state index contributed by atoms with van der Waals surface area (Å²) in [5.41, 5.74) is 1.71. The van der Waals surface area contributed by atoms with Crippen LogP contribution in [0, 0.1) is 23.7 Å². The van der Waals surface area contributed by atoms with Crippen molar-refractivity contribution < 1.29 is 0 Å². The standard InChI is InChI=1S/C10H15N3/c1-8-9(5-11)12-7-13(8)6-10(2,3)4/h7H,6H2,1-4H3. The molecule has 0 aromatic carbocycles. The molecule has 0 spiro atoms. The van der Waals surface area contributed by atoms with Gasteiger partial charge in [0.25, 0.3) is 0 Å². The molecule has 0 aliphatic rings. The predicted molar refractivity (Wildman–Crippen MR) is 51.1 cm³/mol. The van der Waals surface area contributed by atoms with Crippen molar-refractivity contribution in [2.75, 3.05) is 0 Å². The van der Waals surface area contributed by atoms with Gasteiger partial charge in [-0.1, -0.05) is 20.8 Å². The summed E-state index contributed by atoms with van der Waals surface area (Å²) in [6.07, 6.45) is 1.74. The van der Waals surface area contributed by atoms with E-state index in [0.717, 1.165) is 12.2 Å². The Bertz CT molecular complexity index is 336. The number of rotatable bonds is 1. The minimum absolute atomic E-state index is 0.220. The Morgan fingerprint density at radius 3 is 2.54 bits per heavy atom. The molecule has 1 aromatic rings. The van der Waals surface area contributed by atoms with E-state index in [1.54, 1.807) is 6.33 Å². The Morgan fingerprint density at radius 2 is 2.15 bits per heavy atom. The van der Waals surface area contributed by atoms with Crippen molar-refractivity contribution >= 4 is 0 Å². The third-order valence-corrected chi connectivity index (χ3v) is 1.85. The van der Waals surface area contributed by atoms with Crippen LogP contribution >= 0.6 is 0 Å². The van der Waals surface area contributed by atoms with Crippen LogP contribution in [0.5, 0.6) is 0 Å². The molecule has 1 heterocycles. The van der Waals surface area contributed by atoms with E-state index in [9.17, 15) is 0 Å². The smallest absolute Gasteiger partial charge is 0.161 e. The van der Waals surface area contributed by atoms with E-state index in [0.29, 0.717) is 5.69 Å². The molecular formula is C10H15N3. The second-order valence-electron chi connectivity index (χ2n) is 4.48. The minimum atomic E-state index is 0.220. The Hall–Kier alpha value is -1.30. The SMILES string of the molecule is Cc1c(C#N)ncn1CC(C)(C)C. The van der Waals surface area contributed by atoms with Crippen LogP contribution in [0.25, 0.3) is 0 Å². The molecule has 0 fully saturated rings. The van der Waals surface area contributed by atoms with Crippen LogP contribution in [0.1, 0.15) is 32.2 Å². The Morgan fingerprint density at radius 1 is 1.54 bits per heavy atom. The molecule has 0 aliphatic carbocycles. The molecule has 3 nitrogen and oxygen atoms in total. The van der Waals surface area contributed by atoms with Gasteiger partial charge in [-0.2, -0.15) is 5.26 Å². The first-order chi connectivity index (χ1) is 5.94. The average molecular weight is 177 g/mol. The third-order valence-electron chi connectivity index (χ3n) is 1.85. The number of hydrogen-bond acceptors (Lipinski definition) is 2. The summed E-state index contributed by atoms with van der Waals surface area (Å²) in [5.74, 6) is 0. The first-order valence-corrected chi connectivity index (χ1v) is 4.36. The number of nitriles is 1. The van der Waals surface area contributed by atoms with E-state index >= 15 is 0 Å². The second kappa shape index (κ2) is 3.21. The average Bonchev–Trinajstić information content (AvgIpc) is 2.30. The Kier molecular flexibility index (Phi) is 2.42. The predicted octanol–water partition coefficient (Wildman–Crippen LogP) is 2.11. The molecule has 0 amide bonds. The van der Waals surface area contributed by atoms with Gasteiger partial charge in [-0.25, -0.2) is 4.98 Å². The van der Waals surface area contributed by atoms with Gasteiger partial charge in [-0.05, 0) is 12.3 Å². The molecule has 13 heavy (non-hydrogen) atoms. The van der Waals surface area contributed by atoms with Crippen molar-refractivity contribution in [3.8, 4) is 6.07 Å². The van der Waals surface area contributed by atoms with Crippen LogP contribution < -0.4 is 0 Å². The van der Waals surface area contributed by atoms with E-state index in [-0.39, 0.29) is 5.41 Å². The molecule has 0 atom stereocenters. The summed E-state index contributed by atoms with van der Waals surface area (Å²) >= 11 is 0. The monoisotopic (exact) mass is 177 g/mol. The lowest BCUT2D eigenvalue weighted by Crippen LogP contribution is -2.15. The van der Waals surface area contributed by atoms with E-state index in [4.69, 9.17) is 5.26 Å². The van der Waals surface area contributed by atoms with Gasteiger partial charge in [0.1, 0.15) is 6.07 Å². The quantitative estimate of drug-likeness (QED) is 0.659. The molecule has 0 saturated heterocycles. The molecule has 0 unspecified atom stereocenters. The summed E-state index contributed by atoms with van der Waals surface area (Å²) < 4.78 is 2.03. The molecule has 1 aromatic heterocycles. The lowest BCUT2D eigenvalue weighted by molar-refractivity contribution is 0.340. The number of nitrogens with zero attached hydrogens (tertiary/aromatic N) is 3. The first kappa shape index (κ1) is 9.79. The molecular weight excluding hydrogens is 162 g/mol. The zero-order valence-electron chi connectivity index (χ0n) is 8.63. The zero-order valence-corrected chi connectivity index (χ0v) is 8.63. The molecule has 0 bridgehead atoms. The minimum Gasteiger partial charge on any atom is -0.333 e. The zero-order chi connectivity index (χ0) is 10.1. The van der Waals surface area contributed by atoms with Crippen molar-refractivity contribution in [2.45, 2.75) is 34.2 Å². The van der Waals surface area contributed by atoms with Gasteiger partial charge in [-0.3, -0.25) is 0 Å². The Labute approximate surface area is 79.0 Å². The number of imidazole rings is 1. The van der Waals surface area contributed by atoms with Crippen molar-refractivity contribution in [3.05, 3.63) is 17.7 Å². The van der Waals surface area contributed by atoms with Crippen molar-refractivity contribution in [2.24, 2.45) is 5.41 Å². The van der Waals surface area contributed by atoms with E-state index < -0.39 is 0 Å². The van der Waals surface area contributed by atoms with Gasteiger partial charge in [0, 0.05) is 6.54 Å². The lowest BCUT2D eigenvalue weighted by atomic mass is 9.97. The topological polar surface area (TPSA) is 41.6 Å². The van der Waals surface area contributed by atoms with E-state index in [1.165, 1.54) is 0 Å². The first-order valence-electron chi connectivity index (χ1n) is 4.36. The van der Waals surface area contributed by atoms with Gasteiger partial charge < -0.3 is 4.57 Å². The molecule has 0 radical (unpaired) electrons. The maximum absolute atomic E-state index is 8.70. The van der Waals surface area contributed by atoms with E-state index in [2.05, 4.69) is 31.8 Å². The van der Waals surface area contributed by atoms with Crippen molar-refractivity contribution in [3.63, 3.8) is 0 Å². The van der Waals surface area contributed by atoms with Crippen LogP contribution in [0.15, 0.2) is 6.33 Å². The Balaban J connectivity index is 2.93. The fourth-order valence-electron chi connectivity index (χ4n) is 1.22. The van der Waals surface area contributed by atoms with Crippen LogP contribution in [0.2, 0.25) is 0 Å². The summed E-state index contributed by atoms with van der Waals surface area (Å²) in [7, 11) is 0. The molecule has 3 heteroatoms. The van der Waals surface area contributed by atoms with Gasteiger partial charge in [0.05, 0.1) is 12.0 Å². The van der Waals surface area contributed by atoms with Gasteiger partial charge in [0.2, 0.25) is 0 Å². The maximum Gasteiger partial charge on any atom is 0.161 e. The summed E-state index contributed by atoms with van der Waals surface area (Å²) in [6.45, 7) is 9.32. The highest BCUT2D eigenvalue weighted by atomic mass is 15.1. The normalized spacial score (nSPS) is 11.3. The molecule has 0 aliphatic heterocycles. The number of aromatic nitrogens is 2. The van der Waals surface area contributed by atoms with Gasteiger partial charge in [-0.15, -0.1) is 0 Å². The fourth-order valence-corrected chi connectivity index (χ4v) is 1.22. The summed E-state index contributed by atoms with van der Waals surface area (Å²) in [6, 6.07) is 2.07. The molecule has 0 N–H and O–H groups in total. The molecule has 70 valence electrons. The van der Waals surface area contributed by atoms with Gasteiger partial charge >= 0.3 is 0 Å². The third kappa shape index (κ3) is 2.32. The van der Waals surface area contributed by atoms with E-state index in [1.807, 2.05) is 11.5 Å². The second-order valence-corrected chi connectivity index (χ2v) is 4.48. The van der Waals surface area contributed by atoms with Crippen molar-refractivity contribution in [1.82, 2.24) is 9.55 Å². The number of hydrogen-bond donors (Lipinski definition) is 0. The highest BCUT2D eigenvalue weighted by molar-refractivity contribution is 5.25. The molecule has 1 rings (SSSR count). The van der Waals surface area contributed by atoms with Crippen LogP contribution in [-0.2, 0) is 6.54 Å². The van der Waals surface area contributed by atoms with Crippen molar-refractivity contribution in [1.29, 1.82) is 5.26 Å². The largest absolute Gasteiger partial charge is 0.333 e. The molecule has 0 saturated carbocycles. The van der Waals surface area contributed by atoms with Crippen LogP contribution in [0.4, 0.5) is 0 Å². The summed E-state index contributed by atoms with van der Waals surface area (Å²) in [5, 5.41) is 8.70. The van der Waals surface area contributed by atoms with Crippen LogP contribution in [0.3, 0.4) is 0 Å². The fraction of sp³-hybridized carbons (Fsp3) is 0.600. The highest BCUT2D eigenvalue weighted by Gasteiger charge is 2.14. The van der Waals surface area contributed by atoms with Gasteiger partial charge in [0.15, 0.2) is 5.69 Å². The maximum atomic E-state index is 8.70. The lowest BCUT2D eigenvalue weighted by Gasteiger charge is -2.19. The van der Waals surface area contributed by atoms with Crippen LogP contribution in [-0.4, -0.2) is 9.55 Å². The summed E-state index contributed by atoms with van der Waals surface area (Å²) in [4.78, 5) is 4.02.